The van der Waals surface area contributed by atoms with Gasteiger partial charge in [0.05, 0.1) is 0 Å². The molecule has 5 heteroatoms. The molecule has 0 radical (unpaired) electrons. The number of furan rings is 1. The lowest BCUT2D eigenvalue weighted by Gasteiger charge is -2.00. The van der Waals surface area contributed by atoms with Crippen molar-refractivity contribution in [2.45, 2.75) is 0 Å². The number of hydrogen-bond donors (Lipinski definition) is 0. The highest BCUT2D eigenvalue weighted by atomic mass is 79.9. The van der Waals surface area contributed by atoms with Crippen molar-refractivity contribution in [2.24, 2.45) is 0 Å². The fraction of sp³-hybridized carbons (Fsp3) is 0. The molecular weight excluding hydrogens is 322 g/mol. The Hall–Kier alpha value is -1.39. The van der Waals surface area contributed by atoms with Crippen molar-refractivity contribution in [1.29, 1.82) is 0 Å². The van der Waals surface area contributed by atoms with Gasteiger partial charge in [0.15, 0.2) is 0 Å². The van der Waals surface area contributed by atoms with Crippen LogP contribution in [0.3, 0.4) is 0 Å². The Labute approximate surface area is 116 Å². The summed E-state index contributed by atoms with van der Waals surface area (Å²) >= 11 is 8.44. The van der Waals surface area contributed by atoms with Crippen LogP contribution in [0.15, 0.2) is 45.3 Å². The Kier molecular flexibility index (Phi) is 3.99. The van der Waals surface area contributed by atoms with Crippen LogP contribution in [0.5, 0.6) is 0 Å². The van der Waals surface area contributed by atoms with Gasteiger partial charge in [0, 0.05) is 16.1 Å². The van der Waals surface area contributed by atoms with Crippen LogP contribution >= 0.6 is 27.5 Å². The van der Waals surface area contributed by atoms with E-state index < -0.39 is 5.24 Å². The quantitative estimate of drug-likeness (QED) is 0.607. The number of allylic oxidation sites excluding steroid dienone is 1. The van der Waals surface area contributed by atoms with E-state index in [1.165, 1.54) is 24.3 Å². The second-order valence-corrected chi connectivity index (χ2v) is 4.69. The van der Waals surface area contributed by atoms with Crippen molar-refractivity contribution >= 4 is 38.8 Å². The van der Waals surface area contributed by atoms with Gasteiger partial charge in [-0.25, -0.2) is 4.39 Å². The first-order chi connectivity index (χ1) is 8.56. The van der Waals surface area contributed by atoms with Gasteiger partial charge in [-0.15, -0.1) is 0 Å². The molecule has 2 aromatic rings. The summed E-state index contributed by atoms with van der Waals surface area (Å²) in [6.07, 6.45) is 2.67. The highest BCUT2D eigenvalue weighted by Gasteiger charge is 2.08. The highest BCUT2D eigenvalue weighted by molar-refractivity contribution is 9.10. The molecule has 1 aromatic heterocycles. The second kappa shape index (κ2) is 5.50. The van der Waals surface area contributed by atoms with Crippen LogP contribution in [0.1, 0.15) is 5.76 Å². The van der Waals surface area contributed by atoms with Crippen LogP contribution in [0.4, 0.5) is 4.39 Å². The number of carbonyl (C=O) groups is 1. The Morgan fingerprint density at radius 3 is 2.78 bits per heavy atom. The summed E-state index contributed by atoms with van der Waals surface area (Å²) in [5.41, 5.74) is 0.730. The van der Waals surface area contributed by atoms with Gasteiger partial charge in [-0.1, -0.05) is 0 Å². The molecule has 0 aliphatic carbocycles. The Balaban J connectivity index is 2.32. The third-order valence-corrected chi connectivity index (χ3v) is 2.98. The van der Waals surface area contributed by atoms with E-state index in [9.17, 15) is 9.18 Å². The van der Waals surface area contributed by atoms with Crippen molar-refractivity contribution in [3.63, 3.8) is 0 Å². The van der Waals surface area contributed by atoms with E-state index in [0.29, 0.717) is 16.0 Å². The molecule has 1 aromatic carbocycles. The van der Waals surface area contributed by atoms with Gasteiger partial charge in [-0.2, -0.15) is 0 Å². The summed E-state index contributed by atoms with van der Waals surface area (Å²) < 4.78 is 19.0. The van der Waals surface area contributed by atoms with Gasteiger partial charge < -0.3 is 4.42 Å². The van der Waals surface area contributed by atoms with Crippen LogP contribution in [0.2, 0.25) is 0 Å². The van der Waals surface area contributed by atoms with E-state index >= 15 is 0 Å². The largest absolute Gasteiger partial charge is 0.457 e. The lowest BCUT2D eigenvalue weighted by atomic mass is 10.2. The van der Waals surface area contributed by atoms with Crippen molar-refractivity contribution < 1.29 is 13.6 Å². The van der Waals surface area contributed by atoms with Gasteiger partial charge in [0.1, 0.15) is 17.3 Å². The molecule has 0 unspecified atom stereocenters. The predicted octanol–water partition coefficient (Wildman–Crippen LogP) is 4.63. The van der Waals surface area contributed by atoms with E-state index in [4.69, 9.17) is 16.0 Å². The van der Waals surface area contributed by atoms with Crippen LogP contribution < -0.4 is 0 Å². The number of benzene rings is 1. The standard InChI is InChI=1S/C13H7BrClFO2/c14-11-7-8(16)1-4-10(11)12-5-2-9(18-12)3-6-13(15)17/h1-7H/b6-3+. The minimum atomic E-state index is -0.573. The van der Waals surface area contributed by atoms with E-state index in [-0.39, 0.29) is 5.82 Å². The molecule has 0 fully saturated rings. The molecular formula is C13H7BrClFO2. The molecule has 0 aliphatic heterocycles. The van der Waals surface area contributed by atoms with Crippen LogP contribution in [0.25, 0.3) is 17.4 Å². The number of halogens is 3. The fourth-order valence-corrected chi connectivity index (χ4v) is 2.03. The molecule has 0 spiro atoms. The van der Waals surface area contributed by atoms with Gasteiger partial charge in [0.2, 0.25) is 5.24 Å². The first kappa shape index (κ1) is 13.1. The molecule has 18 heavy (non-hydrogen) atoms. The molecule has 0 saturated carbocycles. The number of rotatable bonds is 3. The van der Waals surface area contributed by atoms with E-state index in [1.807, 2.05) is 0 Å². The normalized spacial score (nSPS) is 11.1. The average Bonchev–Trinajstić information content (AvgIpc) is 2.75. The molecule has 92 valence electrons. The van der Waals surface area contributed by atoms with Crippen molar-refractivity contribution in [3.8, 4) is 11.3 Å². The Bertz CT molecular complexity index is 619. The van der Waals surface area contributed by atoms with E-state index in [0.717, 1.165) is 5.56 Å². The summed E-state index contributed by atoms with van der Waals surface area (Å²) in [4.78, 5) is 10.6. The molecule has 0 bridgehead atoms. The number of hydrogen-bond acceptors (Lipinski definition) is 2. The highest BCUT2D eigenvalue weighted by Crippen LogP contribution is 2.30. The first-order valence-electron chi connectivity index (χ1n) is 4.99. The zero-order chi connectivity index (χ0) is 13.1. The van der Waals surface area contributed by atoms with Gasteiger partial charge in [0.25, 0.3) is 0 Å². The topological polar surface area (TPSA) is 30.2 Å². The summed E-state index contributed by atoms with van der Waals surface area (Å²) in [5, 5.41) is -0.573. The van der Waals surface area contributed by atoms with Crippen molar-refractivity contribution in [1.82, 2.24) is 0 Å². The molecule has 0 atom stereocenters. The monoisotopic (exact) mass is 328 g/mol. The molecule has 2 rings (SSSR count). The Morgan fingerprint density at radius 1 is 1.33 bits per heavy atom. The van der Waals surface area contributed by atoms with Crippen LogP contribution in [-0.4, -0.2) is 5.24 Å². The van der Waals surface area contributed by atoms with Gasteiger partial charge in [-0.05, 0) is 63.9 Å². The molecule has 2 nitrogen and oxygen atoms in total. The smallest absolute Gasteiger partial charge is 0.245 e. The predicted molar refractivity (Wildman–Crippen MR) is 71.7 cm³/mol. The minimum absolute atomic E-state index is 0.329. The molecule has 0 N–H and O–H groups in total. The minimum Gasteiger partial charge on any atom is -0.457 e. The summed E-state index contributed by atoms with van der Waals surface area (Å²) in [6, 6.07) is 7.74. The summed E-state index contributed by atoms with van der Waals surface area (Å²) in [7, 11) is 0. The lowest BCUT2D eigenvalue weighted by molar-refractivity contribution is -0.107. The third kappa shape index (κ3) is 3.09. The third-order valence-electron chi connectivity index (χ3n) is 2.20. The van der Waals surface area contributed by atoms with Gasteiger partial charge >= 0.3 is 0 Å². The molecule has 0 aliphatic rings. The van der Waals surface area contributed by atoms with Crippen molar-refractivity contribution in [3.05, 3.63) is 52.5 Å². The number of carbonyl (C=O) groups excluding carboxylic acids is 1. The molecule has 0 amide bonds. The second-order valence-electron chi connectivity index (χ2n) is 3.46. The summed E-state index contributed by atoms with van der Waals surface area (Å²) in [5.74, 6) is 0.740. The molecule has 1 heterocycles. The zero-order valence-corrected chi connectivity index (χ0v) is 11.3. The first-order valence-corrected chi connectivity index (χ1v) is 6.16. The Morgan fingerprint density at radius 2 is 2.11 bits per heavy atom. The van der Waals surface area contributed by atoms with Crippen LogP contribution in [-0.2, 0) is 4.79 Å². The SMILES string of the molecule is O=C(Cl)/C=C/c1ccc(-c2ccc(F)cc2Br)o1. The van der Waals surface area contributed by atoms with E-state index in [2.05, 4.69) is 15.9 Å². The maximum absolute atomic E-state index is 13.0. The fourth-order valence-electron chi connectivity index (χ4n) is 1.42. The van der Waals surface area contributed by atoms with Crippen molar-refractivity contribution in [2.75, 3.05) is 0 Å². The van der Waals surface area contributed by atoms with E-state index in [1.54, 1.807) is 18.2 Å². The molecule has 0 saturated heterocycles. The maximum Gasteiger partial charge on any atom is 0.245 e. The van der Waals surface area contributed by atoms with Crippen LogP contribution in [0, 0.1) is 5.82 Å². The average molecular weight is 330 g/mol. The maximum atomic E-state index is 13.0. The zero-order valence-electron chi connectivity index (χ0n) is 8.99. The lowest BCUT2D eigenvalue weighted by Crippen LogP contribution is -1.79. The summed E-state index contributed by atoms with van der Waals surface area (Å²) in [6.45, 7) is 0. The van der Waals surface area contributed by atoms with Gasteiger partial charge in [-0.3, -0.25) is 4.79 Å².